The number of aliphatic hydroxyl groups is 1. The summed E-state index contributed by atoms with van der Waals surface area (Å²) < 4.78 is 15.7. The first kappa shape index (κ1) is 24.8. The quantitative estimate of drug-likeness (QED) is 0.453. The number of hydrogen-bond acceptors (Lipinski definition) is 6. The molecule has 1 aliphatic carbocycles. The second kappa shape index (κ2) is 10.5. The Morgan fingerprint density at radius 3 is 2.66 bits per heavy atom. The zero-order chi connectivity index (χ0) is 25.1. The lowest BCUT2D eigenvalue weighted by atomic mass is 9.93. The molecule has 0 bridgehead atoms. The summed E-state index contributed by atoms with van der Waals surface area (Å²) >= 11 is 6.19. The molecule has 2 aromatic heterocycles. The predicted octanol–water partition coefficient (Wildman–Crippen LogP) is 2.74. The Bertz CT molecular complexity index is 1420. The average molecular weight is 501 g/mol. The minimum atomic E-state index is -0.546. The molecule has 0 spiro atoms. The molecule has 1 unspecified atom stereocenters. The van der Waals surface area contributed by atoms with Gasteiger partial charge >= 0.3 is 5.69 Å². The van der Waals surface area contributed by atoms with Gasteiger partial charge in [-0.3, -0.25) is 18.5 Å². The monoisotopic (exact) mass is 500 g/mol. The van der Waals surface area contributed by atoms with Gasteiger partial charge in [-0.15, -0.1) is 0 Å². The van der Waals surface area contributed by atoms with Gasteiger partial charge in [-0.05, 0) is 48.6 Å². The Hall–Kier alpha value is -3.30. The van der Waals surface area contributed by atoms with E-state index in [4.69, 9.17) is 21.1 Å². The molecule has 1 atom stereocenters. The third kappa shape index (κ3) is 5.21. The van der Waals surface area contributed by atoms with Gasteiger partial charge in [-0.1, -0.05) is 36.7 Å². The molecule has 0 saturated heterocycles. The molecule has 35 heavy (non-hydrogen) atoms. The van der Waals surface area contributed by atoms with Crippen LogP contribution in [-0.2, 0) is 20.1 Å². The Morgan fingerprint density at radius 1 is 1.17 bits per heavy atom. The van der Waals surface area contributed by atoms with Crippen LogP contribution in [0, 0.1) is 12.8 Å². The summed E-state index contributed by atoms with van der Waals surface area (Å²) in [7, 11) is 1.55. The summed E-state index contributed by atoms with van der Waals surface area (Å²) in [4.78, 5) is 30.5. The highest BCUT2D eigenvalue weighted by Gasteiger charge is 2.24. The topological polar surface area (TPSA) is 101 Å². The number of fused-ring (bicyclic) bond motifs is 1. The fourth-order valence-electron chi connectivity index (χ4n) is 4.15. The molecular weight excluding hydrogens is 472 g/mol. The van der Waals surface area contributed by atoms with Crippen LogP contribution in [0.15, 0.2) is 56.6 Å². The summed E-state index contributed by atoms with van der Waals surface area (Å²) in [6.07, 6.45) is 4.50. The molecule has 3 aromatic rings. The van der Waals surface area contributed by atoms with E-state index in [1.165, 1.54) is 4.57 Å². The Morgan fingerprint density at radius 2 is 1.94 bits per heavy atom. The van der Waals surface area contributed by atoms with Crippen molar-refractivity contribution >= 4 is 22.8 Å². The van der Waals surface area contributed by atoms with Crippen LogP contribution < -0.4 is 20.7 Å². The van der Waals surface area contributed by atoms with Gasteiger partial charge < -0.3 is 14.6 Å². The maximum Gasteiger partial charge on any atom is 0.332 e. The number of hydrogen-bond donors (Lipinski definition) is 1. The van der Waals surface area contributed by atoms with Crippen LogP contribution in [0.25, 0.3) is 11.2 Å². The number of halogens is 1. The van der Waals surface area contributed by atoms with E-state index in [-0.39, 0.29) is 49.5 Å². The van der Waals surface area contributed by atoms with E-state index in [9.17, 15) is 14.7 Å². The van der Waals surface area contributed by atoms with Crippen LogP contribution in [0.4, 0.5) is 0 Å². The van der Waals surface area contributed by atoms with Crippen molar-refractivity contribution in [3.63, 3.8) is 0 Å². The number of allylic oxidation sites excluding steroid dienone is 4. The SMILES string of the molecule is Cc1cccc(OCCOc2nc3c(c(=O)n(CCO)c(=O)n3C)n2CC2=CC=C(Cl)CC2C)c1. The van der Waals surface area contributed by atoms with Crippen molar-refractivity contribution in [3.05, 3.63) is 73.4 Å². The number of rotatable bonds is 9. The molecule has 4 rings (SSSR count). The lowest BCUT2D eigenvalue weighted by Crippen LogP contribution is -2.40. The van der Waals surface area contributed by atoms with Gasteiger partial charge in [-0.25, -0.2) is 4.79 Å². The van der Waals surface area contributed by atoms with Crippen molar-refractivity contribution in [3.8, 4) is 11.8 Å². The van der Waals surface area contributed by atoms with E-state index in [1.54, 1.807) is 11.6 Å². The molecule has 10 heteroatoms. The molecule has 186 valence electrons. The summed E-state index contributed by atoms with van der Waals surface area (Å²) in [5, 5.41) is 10.2. The normalized spacial score (nSPS) is 15.7. The van der Waals surface area contributed by atoms with E-state index in [2.05, 4.69) is 11.9 Å². The number of ether oxygens (including phenoxy) is 2. The molecular formula is C25H29ClN4O5. The lowest BCUT2D eigenvalue weighted by molar-refractivity contribution is 0.201. The highest BCUT2D eigenvalue weighted by molar-refractivity contribution is 6.29. The van der Waals surface area contributed by atoms with Crippen LogP contribution in [0.1, 0.15) is 18.9 Å². The summed E-state index contributed by atoms with van der Waals surface area (Å²) in [6.45, 7) is 4.43. The second-order valence-corrected chi connectivity index (χ2v) is 9.13. The molecule has 1 N–H and O–H groups in total. The second-order valence-electron chi connectivity index (χ2n) is 8.65. The van der Waals surface area contributed by atoms with E-state index in [1.807, 2.05) is 43.3 Å². The molecule has 0 aliphatic heterocycles. The molecule has 0 fully saturated rings. The Kier molecular flexibility index (Phi) is 7.47. The number of nitrogens with zero attached hydrogens (tertiary/aromatic N) is 4. The van der Waals surface area contributed by atoms with Crippen molar-refractivity contribution in [1.82, 2.24) is 18.7 Å². The highest BCUT2D eigenvalue weighted by Crippen LogP contribution is 2.30. The molecule has 9 nitrogen and oxygen atoms in total. The lowest BCUT2D eigenvalue weighted by Gasteiger charge is -2.20. The van der Waals surface area contributed by atoms with Gasteiger partial charge in [0.15, 0.2) is 11.2 Å². The first-order valence-electron chi connectivity index (χ1n) is 11.5. The minimum absolute atomic E-state index is 0.107. The molecule has 0 amide bonds. The van der Waals surface area contributed by atoms with Crippen LogP contribution in [0.2, 0.25) is 0 Å². The molecule has 0 radical (unpaired) electrons. The zero-order valence-electron chi connectivity index (χ0n) is 20.0. The van der Waals surface area contributed by atoms with Gasteiger partial charge in [0.05, 0.1) is 13.2 Å². The Balaban J connectivity index is 1.70. The van der Waals surface area contributed by atoms with Gasteiger partial charge in [0, 0.05) is 18.6 Å². The number of imidazole rings is 1. The summed E-state index contributed by atoms with van der Waals surface area (Å²) in [5.41, 5.74) is 1.54. The minimum Gasteiger partial charge on any atom is -0.490 e. The van der Waals surface area contributed by atoms with Crippen molar-refractivity contribution < 1.29 is 14.6 Å². The largest absolute Gasteiger partial charge is 0.490 e. The number of benzene rings is 1. The third-order valence-corrected chi connectivity index (χ3v) is 6.33. The molecule has 0 saturated carbocycles. The van der Waals surface area contributed by atoms with Gasteiger partial charge in [0.2, 0.25) is 0 Å². The van der Waals surface area contributed by atoms with Crippen molar-refractivity contribution in [1.29, 1.82) is 0 Å². The number of aromatic nitrogens is 4. The zero-order valence-corrected chi connectivity index (χ0v) is 20.8. The maximum atomic E-state index is 13.3. The van der Waals surface area contributed by atoms with E-state index in [0.717, 1.165) is 26.5 Å². The van der Waals surface area contributed by atoms with Crippen molar-refractivity contribution in [2.75, 3.05) is 19.8 Å². The van der Waals surface area contributed by atoms with Gasteiger partial charge in [-0.2, -0.15) is 4.98 Å². The Labute approximate surface area is 207 Å². The highest BCUT2D eigenvalue weighted by atomic mass is 35.5. The van der Waals surface area contributed by atoms with Crippen LogP contribution >= 0.6 is 11.6 Å². The summed E-state index contributed by atoms with van der Waals surface area (Å²) in [6, 6.07) is 7.93. The molecule has 1 aliphatic rings. The number of aryl methyl sites for hydroxylation is 2. The standard InChI is InChI=1S/C25H29ClN4O5/c1-16-5-4-6-20(13-16)34-11-12-35-24-27-22-21(23(32)29(9-10-31)25(33)28(22)3)30(24)15-18-7-8-19(26)14-17(18)2/h4-8,13,17,31H,9-12,14-15H2,1-3H3. The fourth-order valence-corrected chi connectivity index (χ4v) is 4.44. The van der Waals surface area contributed by atoms with E-state index in [0.29, 0.717) is 13.0 Å². The van der Waals surface area contributed by atoms with Crippen LogP contribution in [0.5, 0.6) is 11.8 Å². The smallest absolute Gasteiger partial charge is 0.332 e. The van der Waals surface area contributed by atoms with Crippen molar-refractivity contribution in [2.45, 2.75) is 33.4 Å². The fraction of sp³-hybridized carbons (Fsp3) is 0.400. The van der Waals surface area contributed by atoms with E-state index >= 15 is 0 Å². The van der Waals surface area contributed by atoms with Gasteiger partial charge in [0.1, 0.15) is 19.0 Å². The molecule has 2 heterocycles. The average Bonchev–Trinajstić information content (AvgIpc) is 3.18. The van der Waals surface area contributed by atoms with Crippen LogP contribution in [-0.4, -0.2) is 43.6 Å². The first-order valence-corrected chi connectivity index (χ1v) is 11.9. The van der Waals surface area contributed by atoms with Gasteiger partial charge in [0.25, 0.3) is 11.6 Å². The first-order chi connectivity index (χ1) is 16.8. The maximum absolute atomic E-state index is 13.3. The third-order valence-electron chi connectivity index (χ3n) is 6.05. The number of aliphatic hydroxyl groups excluding tert-OH is 1. The van der Waals surface area contributed by atoms with Crippen molar-refractivity contribution in [2.24, 2.45) is 13.0 Å². The molecule has 1 aromatic carbocycles. The summed E-state index contributed by atoms with van der Waals surface area (Å²) in [5.74, 6) is 0.899. The van der Waals surface area contributed by atoms with E-state index < -0.39 is 11.2 Å². The predicted molar refractivity (Wildman–Crippen MR) is 134 cm³/mol. The van der Waals surface area contributed by atoms with Crippen LogP contribution in [0.3, 0.4) is 0 Å².